The van der Waals surface area contributed by atoms with Crippen LogP contribution >= 0.6 is 0 Å². The average Bonchev–Trinajstić information content (AvgIpc) is 2.91. The number of amides is 2. The lowest BCUT2D eigenvalue weighted by Crippen LogP contribution is -2.37. The van der Waals surface area contributed by atoms with Crippen LogP contribution in [-0.4, -0.2) is 81.2 Å². The largest absolute Gasteiger partial charge is 0.859 e. The molecular weight excluding hydrogens is 324 g/mol. The number of urea groups is 1. The molecule has 25 heavy (non-hydrogen) atoms. The maximum absolute atomic E-state index is 11.1. The molecule has 1 aliphatic heterocycles. The van der Waals surface area contributed by atoms with Crippen LogP contribution in [0.3, 0.4) is 0 Å². The fourth-order valence-electron chi connectivity index (χ4n) is 1.73. The molecule has 8 nitrogen and oxygen atoms in total. The molecule has 0 spiro atoms. The van der Waals surface area contributed by atoms with Gasteiger partial charge in [-0.1, -0.05) is 12.7 Å². The Morgan fingerprint density at radius 1 is 1.48 bits per heavy atom. The van der Waals surface area contributed by atoms with Crippen molar-refractivity contribution in [1.29, 1.82) is 5.41 Å². The molecule has 2 N–H and O–H groups in total. The van der Waals surface area contributed by atoms with Crippen molar-refractivity contribution < 1.29 is 23.9 Å². The van der Waals surface area contributed by atoms with E-state index in [1.807, 2.05) is 21.1 Å². The van der Waals surface area contributed by atoms with E-state index < -0.39 is 5.90 Å². The lowest BCUT2D eigenvalue weighted by atomic mass is 10.2. The Labute approximate surface area is 149 Å². The highest BCUT2D eigenvalue weighted by Gasteiger charge is 2.17. The maximum Gasteiger partial charge on any atom is 0.330 e. The van der Waals surface area contributed by atoms with Gasteiger partial charge in [-0.25, -0.2) is 9.59 Å². The van der Waals surface area contributed by atoms with E-state index in [9.17, 15) is 14.7 Å². The number of likely N-dealkylation sites (N-methyl/N-ethyl adjacent to an activating group) is 1. The summed E-state index contributed by atoms with van der Waals surface area (Å²) in [4.78, 5) is 23.3. The molecule has 1 fully saturated rings. The van der Waals surface area contributed by atoms with Gasteiger partial charge in [0.2, 0.25) is 0 Å². The number of ether oxygens (including phenoxy) is 1. The summed E-state index contributed by atoms with van der Waals surface area (Å²) in [6.45, 7) is 8.20. The zero-order chi connectivity index (χ0) is 19.5. The molecule has 0 radical (unpaired) electrons. The normalized spacial score (nSPS) is 14.3. The molecular formula is C17H30N4O4. The maximum atomic E-state index is 11.1. The van der Waals surface area contributed by atoms with E-state index in [1.54, 1.807) is 17.9 Å². The monoisotopic (exact) mass is 354 g/mol. The molecule has 0 aromatic rings. The first-order chi connectivity index (χ1) is 11.6. The van der Waals surface area contributed by atoms with E-state index >= 15 is 0 Å². The second-order valence-corrected chi connectivity index (χ2v) is 6.61. The number of carbonyl (C=O) groups excluding carboxylic acids is 2. The van der Waals surface area contributed by atoms with Crippen molar-refractivity contribution in [1.82, 2.24) is 10.2 Å². The summed E-state index contributed by atoms with van der Waals surface area (Å²) in [5, 5.41) is 20.0. The molecule has 1 saturated heterocycles. The average molecular weight is 354 g/mol. The van der Waals surface area contributed by atoms with Gasteiger partial charge in [-0.05, 0) is 24.8 Å². The Balaban J connectivity index is 0.000000477. The van der Waals surface area contributed by atoms with E-state index in [2.05, 4.69) is 11.9 Å². The number of nitrogens with zero attached hydrogens (tertiary/aromatic N) is 2. The van der Waals surface area contributed by atoms with Crippen LogP contribution in [-0.2, 0) is 9.53 Å². The molecule has 1 aliphatic rings. The van der Waals surface area contributed by atoms with Gasteiger partial charge in [-0.3, -0.25) is 0 Å². The van der Waals surface area contributed by atoms with Crippen molar-refractivity contribution in [2.75, 3.05) is 53.9 Å². The number of hydrogen-bond acceptors (Lipinski definition) is 5. The number of hydrogen-bond donors (Lipinski definition) is 2. The van der Waals surface area contributed by atoms with Crippen LogP contribution in [0.4, 0.5) is 4.79 Å². The summed E-state index contributed by atoms with van der Waals surface area (Å²) < 4.78 is 5.59. The molecule has 8 heteroatoms. The first kappa shape index (κ1) is 22.6. The van der Waals surface area contributed by atoms with E-state index in [4.69, 9.17) is 10.1 Å². The highest BCUT2D eigenvalue weighted by Crippen LogP contribution is 2.01. The van der Waals surface area contributed by atoms with Crippen molar-refractivity contribution >= 4 is 17.9 Å². The van der Waals surface area contributed by atoms with Gasteiger partial charge < -0.3 is 30.0 Å². The first-order valence-corrected chi connectivity index (χ1v) is 8.12. The number of nitrogens with one attached hydrogen (secondary N) is 2. The quantitative estimate of drug-likeness (QED) is 0.212. The summed E-state index contributed by atoms with van der Waals surface area (Å²) in [6, 6.07) is -0.0479. The summed E-state index contributed by atoms with van der Waals surface area (Å²) >= 11 is 0. The van der Waals surface area contributed by atoms with Crippen LogP contribution in [0, 0.1) is 5.41 Å². The predicted molar refractivity (Wildman–Crippen MR) is 95.1 cm³/mol. The molecule has 0 saturated carbocycles. The second kappa shape index (κ2) is 11.2. The highest BCUT2D eigenvalue weighted by molar-refractivity contribution is 5.86. The van der Waals surface area contributed by atoms with Gasteiger partial charge in [0, 0.05) is 25.7 Å². The Bertz CT molecular complexity index is 509. The minimum absolute atomic E-state index is 0.0479. The van der Waals surface area contributed by atoms with Crippen molar-refractivity contribution in [2.24, 2.45) is 0 Å². The van der Waals surface area contributed by atoms with Crippen LogP contribution < -0.4 is 10.4 Å². The molecule has 0 aromatic heterocycles. The van der Waals surface area contributed by atoms with E-state index in [0.717, 1.165) is 17.6 Å². The molecule has 1 heterocycles. The number of esters is 1. The second-order valence-electron chi connectivity index (χ2n) is 6.61. The molecule has 0 aliphatic carbocycles. The Kier molecular flexibility index (Phi) is 10.2. The van der Waals surface area contributed by atoms with Crippen molar-refractivity contribution in [3.63, 3.8) is 0 Å². The molecule has 142 valence electrons. The topological polar surface area (TPSA) is 106 Å². The smallest absolute Gasteiger partial charge is 0.330 e. The minimum atomic E-state index is -0.657. The molecule has 2 amide bonds. The van der Waals surface area contributed by atoms with Gasteiger partial charge in [0.15, 0.2) is 0 Å². The number of carbonyl (C=O) groups is 2. The highest BCUT2D eigenvalue weighted by atomic mass is 16.5. The zero-order valence-electron chi connectivity index (χ0n) is 15.6. The summed E-state index contributed by atoms with van der Waals surface area (Å²) in [5.41, 5.74) is 0.435. The summed E-state index contributed by atoms with van der Waals surface area (Å²) in [7, 11) is 6.13. The lowest BCUT2D eigenvalue weighted by molar-refractivity contribution is -0.870. The summed E-state index contributed by atoms with van der Waals surface area (Å²) in [6.07, 6.45) is 3.50. The van der Waals surface area contributed by atoms with Crippen LogP contribution in [0.1, 0.15) is 13.3 Å². The van der Waals surface area contributed by atoms with Gasteiger partial charge in [-0.15, -0.1) is 0 Å². The van der Waals surface area contributed by atoms with Crippen molar-refractivity contribution in [2.45, 2.75) is 13.3 Å². The zero-order valence-corrected chi connectivity index (χ0v) is 15.6. The van der Waals surface area contributed by atoms with Gasteiger partial charge in [-0.2, -0.15) is 0 Å². The molecule has 0 bridgehead atoms. The molecule has 0 unspecified atom stereocenters. The number of rotatable bonds is 8. The minimum Gasteiger partial charge on any atom is -0.859 e. The van der Waals surface area contributed by atoms with Gasteiger partial charge in [0.1, 0.15) is 13.2 Å². The predicted octanol–water partition coefficient (Wildman–Crippen LogP) is 0.107. The standard InChI is InChI=1S/C9H15N3O2.C8H16NO2/c1-7(8(10)13)3-2-5-12-6-4-11-9(12)14;1-5-8(10)11-7-6-9(2,3)4/h3H,2,4-6H2,1H3,(H2,10,13)(H,11,14);5H,1,6-7H2,2-4H3/q;+1/p-1. The third-order valence-corrected chi connectivity index (χ3v) is 3.33. The molecule has 0 aromatic carbocycles. The van der Waals surface area contributed by atoms with Crippen LogP contribution in [0.15, 0.2) is 24.3 Å². The van der Waals surface area contributed by atoms with Crippen LogP contribution in [0.25, 0.3) is 0 Å². The van der Waals surface area contributed by atoms with E-state index in [0.29, 0.717) is 31.7 Å². The summed E-state index contributed by atoms with van der Waals surface area (Å²) in [5.74, 6) is -1.01. The molecule has 1 rings (SSSR count). The number of quaternary nitrogens is 1. The van der Waals surface area contributed by atoms with Crippen LogP contribution in [0.5, 0.6) is 0 Å². The SMILES string of the molecule is C=CC(=O)OCC[N+](C)(C)C.CC(=CCCN1CCNC1=O)C(=N)[O-]. The lowest BCUT2D eigenvalue weighted by Gasteiger charge is -2.23. The third kappa shape index (κ3) is 11.8. The van der Waals surface area contributed by atoms with Gasteiger partial charge in [0.25, 0.3) is 0 Å². The van der Waals surface area contributed by atoms with Crippen molar-refractivity contribution in [3.8, 4) is 0 Å². The Morgan fingerprint density at radius 2 is 2.12 bits per heavy atom. The molecule has 0 atom stereocenters. The van der Waals surface area contributed by atoms with E-state index in [1.165, 1.54) is 6.08 Å². The van der Waals surface area contributed by atoms with Gasteiger partial charge in [0.05, 0.1) is 21.1 Å². The van der Waals surface area contributed by atoms with Crippen LogP contribution in [0.2, 0.25) is 0 Å². The van der Waals surface area contributed by atoms with E-state index in [-0.39, 0.29) is 12.0 Å². The first-order valence-electron chi connectivity index (χ1n) is 8.12. The fraction of sp³-hybridized carbons (Fsp3) is 0.588. The third-order valence-electron chi connectivity index (χ3n) is 3.33. The van der Waals surface area contributed by atoms with Gasteiger partial charge >= 0.3 is 12.0 Å². The Morgan fingerprint density at radius 3 is 2.56 bits per heavy atom. The Hall–Kier alpha value is -2.35. The van der Waals surface area contributed by atoms with Crippen molar-refractivity contribution in [3.05, 3.63) is 24.3 Å². The fourth-order valence-corrected chi connectivity index (χ4v) is 1.73.